The molecule has 2 rings (SSSR count). The zero-order valence-electron chi connectivity index (χ0n) is 11.2. The van der Waals surface area contributed by atoms with E-state index < -0.39 is 0 Å². The first-order chi connectivity index (χ1) is 7.70. The molecule has 0 aromatic rings. The maximum atomic E-state index is 3.70. The van der Waals surface area contributed by atoms with Crippen molar-refractivity contribution in [2.75, 3.05) is 6.54 Å². The average Bonchev–Trinajstić information content (AvgIpc) is 2.88. The van der Waals surface area contributed by atoms with E-state index >= 15 is 0 Å². The van der Waals surface area contributed by atoms with Crippen molar-refractivity contribution in [2.24, 2.45) is 11.3 Å². The van der Waals surface area contributed by atoms with Gasteiger partial charge in [-0.2, -0.15) is 0 Å². The topological polar surface area (TPSA) is 12.0 Å². The monoisotopic (exact) mass is 223 g/mol. The van der Waals surface area contributed by atoms with Crippen LogP contribution < -0.4 is 5.32 Å². The predicted octanol–water partition coefficient (Wildman–Crippen LogP) is 4.13. The summed E-state index contributed by atoms with van der Waals surface area (Å²) in [6, 6.07) is 0.654. The van der Waals surface area contributed by atoms with Crippen LogP contribution >= 0.6 is 0 Å². The lowest BCUT2D eigenvalue weighted by Gasteiger charge is -2.33. The van der Waals surface area contributed by atoms with Crippen molar-refractivity contribution in [3.8, 4) is 0 Å². The Morgan fingerprint density at radius 1 is 1.06 bits per heavy atom. The van der Waals surface area contributed by atoms with Gasteiger partial charge >= 0.3 is 0 Å². The van der Waals surface area contributed by atoms with Gasteiger partial charge in [-0.15, -0.1) is 0 Å². The van der Waals surface area contributed by atoms with Gasteiger partial charge in [0.05, 0.1) is 0 Å². The largest absolute Gasteiger partial charge is 0.314 e. The molecule has 16 heavy (non-hydrogen) atoms. The third kappa shape index (κ3) is 3.23. The summed E-state index contributed by atoms with van der Waals surface area (Å²) in [5.41, 5.74) is 0.680. The van der Waals surface area contributed by atoms with Crippen LogP contribution in [0.3, 0.4) is 0 Å². The van der Waals surface area contributed by atoms with Gasteiger partial charge in [-0.05, 0) is 30.6 Å². The van der Waals surface area contributed by atoms with Crippen molar-refractivity contribution in [1.82, 2.24) is 5.32 Å². The van der Waals surface area contributed by atoms with Gasteiger partial charge in [-0.1, -0.05) is 52.4 Å². The lowest BCUT2D eigenvalue weighted by molar-refractivity contribution is 0.206. The van der Waals surface area contributed by atoms with Crippen molar-refractivity contribution in [3.63, 3.8) is 0 Å². The van der Waals surface area contributed by atoms with Crippen LogP contribution in [0.2, 0.25) is 0 Å². The van der Waals surface area contributed by atoms with Crippen molar-refractivity contribution < 1.29 is 0 Å². The second-order valence-corrected chi connectivity index (χ2v) is 6.60. The summed E-state index contributed by atoms with van der Waals surface area (Å²) in [5.74, 6) is 1.06. The SMILES string of the molecule is CC(C)NCC1(CC2CCCC2)CCCC1. The van der Waals surface area contributed by atoms with Gasteiger partial charge in [-0.3, -0.25) is 0 Å². The van der Waals surface area contributed by atoms with Crippen LogP contribution in [-0.2, 0) is 0 Å². The van der Waals surface area contributed by atoms with Gasteiger partial charge in [0.15, 0.2) is 0 Å². The third-order valence-corrected chi connectivity index (χ3v) is 4.75. The molecule has 0 aromatic carbocycles. The zero-order chi connectivity index (χ0) is 11.4. The Labute approximate surface area is 101 Å². The van der Waals surface area contributed by atoms with E-state index in [-0.39, 0.29) is 0 Å². The van der Waals surface area contributed by atoms with E-state index in [0.29, 0.717) is 11.5 Å². The van der Waals surface area contributed by atoms with E-state index in [0.717, 1.165) is 5.92 Å². The van der Waals surface area contributed by atoms with E-state index in [4.69, 9.17) is 0 Å². The molecular formula is C15H29N. The second kappa shape index (κ2) is 5.53. The maximum Gasteiger partial charge on any atom is 0.00106 e. The Balaban J connectivity index is 1.86. The fourth-order valence-corrected chi connectivity index (χ4v) is 3.83. The highest BCUT2D eigenvalue weighted by atomic mass is 14.9. The van der Waals surface area contributed by atoms with Gasteiger partial charge in [0, 0.05) is 12.6 Å². The molecule has 0 bridgehead atoms. The lowest BCUT2D eigenvalue weighted by Crippen LogP contribution is -2.37. The Morgan fingerprint density at radius 3 is 2.25 bits per heavy atom. The Kier molecular flexibility index (Phi) is 4.29. The van der Waals surface area contributed by atoms with Crippen molar-refractivity contribution in [3.05, 3.63) is 0 Å². The summed E-state index contributed by atoms with van der Waals surface area (Å²) in [6.07, 6.45) is 13.5. The molecule has 1 heteroatoms. The first-order valence-corrected chi connectivity index (χ1v) is 7.44. The van der Waals surface area contributed by atoms with Crippen LogP contribution in [0.1, 0.15) is 71.6 Å². The molecule has 0 saturated heterocycles. The highest BCUT2D eigenvalue weighted by Gasteiger charge is 2.36. The van der Waals surface area contributed by atoms with Crippen LogP contribution in [0.5, 0.6) is 0 Å². The van der Waals surface area contributed by atoms with Crippen molar-refractivity contribution in [1.29, 1.82) is 0 Å². The predicted molar refractivity (Wildman–Crippen MR) is 70.6 cm³/mol. The molecule has 2 aliphatic rings. The number of nitrogens with one attached hydrogen (secondary N) is 1. The number of rotatable bonds is 5. The molecular weight excluding hydrogens is 194 g/mol. The Morgan fingerprint density at radius 2 is 1.69 bits per heavy atom. The second-order valence-electron chi connectivity index (χ2n) is 6.60. The molecule has 0 atom stereocenters. The maximum absolute atomic E-state index is 3.70. The molecule has 2 fully saturated rings. The zero-order valence-corrected chi connectivity index (χ0v) is 11.2. The summed E-state index contributed by atoms with van der Waals surface area (Å²) in [5, 5.41) is 3.70. The minimum absolute atomic E-state index is 0.654. The first kappa shape index (κ1) is 12.4. The molecule has 2 saturated carbocycles. The van der Waals surface area contributed by atoms with Crippen molar-refractivity contribution >= 4 is 0 Å². The van der Waals surface area contributed by atoms with Gasteiger partial charge in [0.2, 0.25) is 0 Å². The molecule has 0 aliphatic heterocycles. The molecule has 0 heterocycles. The van der Waals surface area contributed by atoms with Crippen LogP contribution in [0.4, 0.5) is 0 Å². The molecule has 0 unspecified atom stereocenters. The van der Waals surface area contributed by atoms with E-state index in [1.165, 1.54) is 64.3 Å². The summed E-state index contributed by atoms with van der Waals surface area (Å²) >= 11 is 0. The number of hydrogen-bond acceptors (Lipinski definition) is 1. The fourth-order valence-electron chi connectivity index (χ4n) is 3.83. The molecule has 0 spiro atoms. The van der Waals surface area contributed by atoms with Crippen LogP contribution in [0.25, 0.3) is 0 Å². The third-order valence-electron chi connectivity index (χ3n) is 4.75. The van der Waals surface area contributed by atoms with E-state index in [9.17, 15) is 0 Å². The minimum atomic E-state index is 0.654. The molecule has 0 radical (unpaired) electrons. The first-order valence-electron chi connectivity index (χ1n) is 7.44. The number of hydrogen-bond donors (Lipinski definition) is 1. The summed E-state index contributed by atoms with van der Waals surface area (Å²) in [7, 11) is 0. The summed E-state index contributed by atoms with van der Waals surface area (Å²) in [4.78, 5) is 0. The van der Waals surface area contributed by atoms with Gasteiger partial charge in [0.1, 0.15) is 0 Å². The van der Waals surface area contributed by atoms with Gasteiger partial charge in [0.25, 0.3) is 0 Å². The Bertz CT molecular complexity index is 197. The van der Waals surface area contributed by atoms with Crippen LogP contribution in [0.15, 0.2) is 0 Å². The smallest absolute Gasteiger partial charge is 0.00106 e. The lowest BCUT2D eigenvalue weighted by atomic mass is 9.77. The standard InChI is InChI=1S/C15H29N/c1-13(2)16-12-15(9-5-6-10-15)11-14-7-3-4-8-14/h13-14,16H,3-12H2,1-2H3. The fraction of sp³-hybridized carbons (Fsp3) is 1.00. The summed E-state index contributed by atoms with van der Waals surface area (Å²) < 4.78 is 0. The van der Waals surface area contributed by atoms with Crippen molar-refractivity contribution in [2.45, 2.75) is 77.7 Å². The normalized spacial score (nSPS) is 25.7. The quantitative estimate of drug-likeness (QED) is 0.739. The van der Waals surface area contributed by atoms with E-state index in [1.807, 2.05) is 0 Å². The highest BCUT2D eigenvalue weighted by Crippen LogP contribution is 2.45. The van der Waals surface area contributed by atoms with Crippen LogP contribution in [-0.4, -0.2) is 12.6 Å². The molecule has 94 valence electrons. The van der Waals surface area contributed by atoms with E-state index in [1.54, 1.807) is 0 Å². The summed E-state index contributed by atoms with van der Waals surface area (Å²) in [6.45, 7) is 5.83. The molecule has 1 nitrogen and oxygen atoms in total. The molecule has 1 N–H and O–H groups in total. The minimum Gasteiger partial charge on any atom is -0.314 e. The molecule has 2 aliphatic carbocycles. The van der Waals surface area contributed by atoms with Crippen LogP contribution in [0, 0.1) is 11.3 Å². The van der Waals surface area contributed by atoms with Gasteiger partial charge < -0.3 is 5.32 Å². The Hall–Kier alpha value is -0.0400. The molecule has 0 amide bonds. The molecule has 0 aromatic heterocycles. The van der Waals surface area contributed by atoms with E-state index in [2.05, 4.69) is 19.2 Å². The average molecular weight is 223 g/mol. The highest BCUT2D eigenvalue weighted by molar-refractivity contribution is 4.90. The van der Waals surface area contributed by atoms with Gasteiger partial charge in [-0.25, -0.2) is 0 Å².